The number of nitrogens with zero attached hydrogens (tertiary/aromatic N) is 2. The van der Waals surface area contributed by atoms with Gasteiger partial charge in [-0.15, -0.1) is 10.2 Å². The van der Waals surface area contributed by atoms with Crippen LogP contribution in [0.4, 0.5) is 0 Å². The summed E-state index contributed by atoms with van der Waals surface area (Å²) in [7, 11) is -3.96. The molecule has 0 bridgehead atoms. The van der Waals surface area contributed by atoms with Gasteiger partial charge in [0.2, 0.25) is 5.89 Å². The van der Waals surface area contributed by atoms with E-state index in [4.69, 9.17) is 4.42 Å². The van der Waals surface area contributed by atoms with Crippen LogP contribution in [0.1, 0.15) is 12.3 Å². The van der Waals surface area contributed by atoms with E-state index < -0.39 is 17.9 Å². The van der Waals surface area contributed by atoms with Gasteiger partial charge in [0.15, 0.2) is 9.84 Å². The second-order valence-corrected chi connectivity index (χ2v) is 15.4. The fourth-order valence-electron chi connectivity index (χ4n) is 1.94. The maximum atomic E-state index is 11.4. The van der Waals surface area contributed by atoms with Gasteiger partial charge in [0, 0.05) is 6.42 Å². The molecule has 0 amide bonds. The Morgan fingerprint density at radius 2 is 2.11 bits per heavy atom. The van der Waals surface area contributed by atoms with Gasteiger partial charge in [-0.3, -0.25) is 0 Å². The van der Waals surface area contributed by atoms with Crippen LogP contribution in [0, 0.1) is 5.92 Å². The van der Waals surface area contributed by atoms with Crippen LogP contribution in [0.5, 0.6) is 0 Å². The highest BCUT2D eigenvalue weighted by Crippen LogP contribution is 2.25. The molecule has 19 heavy (non-hydrogen) atoms. The van der Waals surface area contributed by atoms with Crippen LogP contribution in [0.2, 0.25) is 19.6 Å². The Hall–Kier alpha value is -0.343. The summed E-state index contributed by atoms with van der Waals surface area (Å²) in [5.74, 6) is 1.26. The molecule has 1 aliphatic rings. The summed E-state index contributed by atoms with van der Waals surface area (Å²) in [6, 6.07) is 0. The highest BCUT2D eigenvalue weighted by Gasteiger charge is 2.29. The fourth-order valence-corrected chi connectivity index (χ4v) is 6.28. The van der Waals surface area contributed by atoms with Crippen molar-refractivity contribution in [2.75, 3.05) is 16.9 Å². The third-order valence-corrected chi connectivity index (χ3v) is 9.16. The zero-order valence-corrected chi connectivity index (χ0v) is 14.2. The third-order valence-electron chi connectivity index (χ3n) is 2.87. The SMILES string of the molecule is C[Si](C)(C)CSc1nnc(C[C@@H]2CCS(=O)(=O)C2)o1. The van der Waals surface area contributed by atoms with Gasteiger partial charge in [0.25, 0.3) is 5.22 Å². The minimum atomic E-state index is -2.83. The maximum Gasteiger partial charge on any atom is 0.276 e. The number of rotatable bonds is 5. The molecule has 1 fully saturated rings. The first-order chi connectivity index (χ1) is 8.73. The van der Waals surface area contributed by atoms with Gasteiger partial charge in [-0.1, -0.05) is 31.4 Å². The fraction of sp³-hybridized carbons (Fsp3) is 0.818. The molecular formula is C11H20N2O3S2Si. The van der Waals surface area contributed by atoms with Gasteiger partial charge in [-0.2, -0.15) is 0 Å². The smallest absolute Gasteiger partial charge is 0.276 e. The van der Waals surface area contributed by atoms with Crippen LogP contribution in [-0.2, 0) is 16.3 Å². The molecule has 1 aromatic heterocycles. The molecule has 5 nitrogen and oxygen atoms in total. The van der Waals surface area contributed by atoms with Gasteiger partial charge in [0.05, 0.1) is 19.6 Å². The number of hydrogen-bond donors (Lipinski definition) is 0. The van der Waals surface area contributed by atoms with Crippen LogP contribution >= 0.6 is 11.8 Å². The third kappa shape index (κ3) is 4.92. The predicted octanol–water partition coefficient (Wildman–Crippen LogP) is 2.02. The average Bonchev–Trinajstić information content (AvgIpc) is 2.82. The molecule has 0 N–H and O–H groups in total. The standard InChI is InChI=1S/C11H20N2O3S2Si/c1-19(2,3)8-17-11-13-12-10(16-11)6-9-4-5-18(14,15)7-9/h9H,4-8H2,1-3H3/t9-/m0/s1. The van der Waals surface area contributed by atoms with E-state index in [0.29, 0.717) is 29.7 Å². The molecule has 0 saturated carbocycles. The minimum absolute atomic E-state index is 0.139. The van der Waals surface area contributed by atoms with Gasteiger partial charge >= 0.3 is 0 Å². The summed E-state index contributed by atoms with van der Waals surface area (Å²) in [5, 5.41) is 9.69. The molecule has 0 spiro atoms. The number of thioether (sulfide) groups is 1. The summed E-state index contributed by atoms with van der Waals surface area (Å²) >= 11 is 1.61. The van der Waals surface area contributed by atoms with Crippen molar-refractivity contribution in [2.45, 2.75) is 37.7 Å². The van der Waals surface area contributed by atoms with Gasteiger partial charge in [-0.05, 0) is 17.7 Å². The Bertz CT molecular complexity index is 536. The highest BCUT2D eigenvalue weighted by atomic mass is 32.2. The van der Waals surface area contributed by atoms with Crippen molar-refractivity contribution in [1.29, 1.82) is 0 Å². The molecule has 1 atom stereocenters. The van der Waals surface area contributed by atoms with Crippen LogP contribution < -0.4 is 0 Å². The molecule has 0 unspecified atom stereocenters. The van der Waals surface area contributed by atoms with Crippen molar-refractivity contribution in [2.24, 2.45) is 5.92 Å². The van der Waals surface area contributed by atoms with Crippen molar-refractivity contribution in [1.82, 2.24) is 10.2 Å². The van der Waals surface area contributed by atoms with Crippen molar-refractivity contribution in [3.63, 3.8) is 0 Å². The lowest BCUT2D eigenvalue weighted by molar-refractivity contribution is 0.389. The number of aromatic nitrogens is 2. The van der Waals surface area contributed by atoms with Crippen molar-refractivity contribution >= 4 is 29.7 Å². The lowest BCUT2D eigenvalue weighted by Crippen LogP contribution is -2.23. The Labute approximate surface area is 119 Å². The monoisotopic (exact) mass is 320 g/mol. The topological polar surface area (TPSA) is 73.1 Å². The number of sulfone groups is 1. The number of hydrogen-bond acceptors (Lipinski definition) is 6. The first-order valence-corrected chi connectivity index (χ1v) is 12.9. The van der Waals surface area contributed by atoms with E-state index in [0.717, 1.165) is 5.38 Å². The molecule has 108 valence electrons. The second-order valence-electron chi connectivity index (χ2n) is 6.28. The van der Waals surface area contributed by atoms with E-state index in [-0.39, 0.29) is 11.7 Å². The minimum Gasteiger partial charge on any atom is -0.416 e. The van der Waals surface area contributed by atoms with Crippen LogP contribution in [0.25, 0.3) is 0 Å². The summed E-state index contributed by atoms with van der Waals surface area (Å²) in [6.45, 7) is 6.88. The normalized spacial score (nSPS) is 22.8. The second kappa shape index (κ2) is 5.57. The van der Waals surface area contributed by atoms with Crippen molar-refractivity contribution in [3.05, 3.63) is 5.89 Å². The lowest BCUT2D eigenvalue weighted by Gasteiger charge is -2.12. The first-order valence-electron chi connectivity index (χ1n) is 6.39. The summed E-state index contributed by atoms with van der Waals surface area (Å²) in [5.41, 5.74) is 0. The van der Waals surface area contributed by atoms with Gasteiger partial charge in [0.1, 0.15) is 0 Å². The molecule has 0 aromatic carbocycles. The van der Waals surface area contributed by atoms with Crippen LogP contribution in [-0.4, -0.2) is 43.6 Å². The Balaban J connectivity index is 1.88. The largest absolute Gasteiger partial charge is 0.416 e. The molecule has 2 heterocycles. The zero-order chi connectivity index (χ0) is 14.1. The molecule has 8 heteroatoms. The zero-order valence-electron chi connectivity index (χ0n) is 11.5. The van der Waals surface area contributed by atoms with E-state index in [1.807, 2.05) is 0 Å². The van der Waals surface area contributed by atoms with Crippen LogP contribution in [0.3, 0.4) is 0 Å². The quantitative estimate of drug-likeness (QED) is 0.610. The first kappa shape index (κ1) is 15.1. The van der Waals surface area contributed by atoms with Gasteiger partial charge in [-0.25, -0.2) is 8.42 Å². The van der Waals surface area contributed by atoms with Gasteiger partial charge < -0.3 is 4.42 Å². The Morgan fingerprint density at radius 1 is 1.37 bits per heavy atom. The lowest BCUT2D eigenvalue weighted by atomic mass is 10.1. The molecule has 1 aromatic rings. The van der Waals surface area contributed by atoms with E-state index in [1.165, 1.54) is 0 Å². The van der Waals surface area contributed by atoms with E-state index >= 15 is 0 Å². The van der Waals surface area contributed by atoms with E-state index in [9.17, 15) is 8.42 Å². The van der Waals surface area contributed by atoms with E-state index in [2.05, 4.69) is 29.8 Å². The molecule has 1 saturated heterocycles. The van der Waals surface area contributed by atoms with Crippen molar-refractivity contribution in [3.8, 4) is 0 Å². The molecule has 0 aliphatic carbocycles. The predicted molar refractivity (Wildman–Crippen MR) is 78.8 cm³/mol. The maximum absolute atomic E-state index is 11.4. The van der Waals surface area contributed by atoms with Crippen LogP contribution in [0.15, 0.2) is 9.64 Å². The molecule has 1 aliphatic heterocycles. The summed E-state index contributed by atoms with van der Waals surface area (Å²) in [6.07, 6.45) is 1.29. The van der Waals surface area contributed by atoms with E-state index in [1.54, 1.807) is 11.8 Å². The average molecular weight is 321 g/mol. The highest BCUT2D eigenvalue weighted by molar-refractivity contribution is 8.00. The van der Waals surface area contributed by atoms with Crippen molar-refractivity contribution < 1.29 is 12.8 Å². The Kier molecular flexibility index (Phi) is 4.41. The summed E-state index contributed by atoms with van der Waals surface area (Å²) in [4.78, 5) is 0. The molecule has 2 rings (SSSR count). The Morgan fingerprint density at radius 3 is 2.68 bits per heavy atom. The molecular weight excluding hydrogens is 300 g/mol. The summed E-state index contributed by atoms with van der Waals surface area (Å²) < 4.78 is 28.3. The molecule has 0 radical (unpaired) electrons.